The molecule has 11 heteroatoms. The van der Waals surface area contributed by atoms with Crippen molar-refractivity contribution in [2.24, 2.45) is 5.73 Å². The number of hydrogen-bond donors (Lipinski definition) is 7. The van der Waals surface area contributed by atoms with Crippen LogP contribution in [0.4, 0.5) is 4.79 Å². The summed E-state index contributed by atoms with van der Waals surface area (Å²) >= 11 is 0. The lowest BCUT2D eigenvalue weighted by molar-refractivity contribution is -0.254. The Morgan fingerprint density at radius 3 is 2.36 bits per heavy atom. The SMILES string of the molecule is CC(C)(C)OC(=O)NC(CCCCN)C(=O)NC1C(O)OC(CO)C(O)C1O. The number of hydrogen-bond acceptors (Lipinski definition) is 9. The van der Waals surface area contributed by atoms with Crippen LogP contribution >= 0.6 is 0 Å². The molecule has 0 aromatic heterocycles. The zero-order valence-electron chi connectivity index (χ0n) is 16.5. The van der Waals surface area contributed by atoms with Crippen LogP contribution < -0.4 is 16.4 Å². The zero-order chi connectivity index (χ0) is 21.5. The highest BCUT2D eigenvalue weighted by Gasteiger charge is 2.44. The highest BCUT2D eigenvalue weighted by Crippen LogP contribution is 2.20. The van der Waals surface area contributed by atoms with Gasteiger partial charge in [-0.05, 0) is 46.6 Å². The predicted octanol–water partition coefficient (Wildman–Crippen LogP) is -2.08. The molecule has 1 heterocycles. The minimum Gasteiger partial charge on any atom is -0.444 e. The van der Waals surface area contributed by atoms with Crippen molar-refractivity contribution in [1.29, 1.82) is 0 Å². The van der Waals surface area contributed by atoms with Gasteiger partial charge in [-0.2, -0.15) is 0 Å². The number of carbonyl (C=O) groups is 2. The Bertz CT molecular complexity index is 513. The first kappa shape index (κ1) is 24.5. The minimum absolute atomic E-state index is 0.254. The van der Waals surface area contributed by atoms with E-state index in [0.717, 1.165) is 0 Å². The summed E-state index contributed by atoms with van der Waals surface area (Å²) < 4.78 is 10.2. The maximum Gasteiger partial charge on any atom is 0.408 e. The topological polar surface area (TPSA) is 184 Å². The average molecular weight is 407 g/mol. The van der Waals surface area contributed by atoms with E-state index in [1.165, 1.54) is 0 Å². The standard InChI is InChI=1S/C17H33N3O8/c1-17(2,3)28-16(26)19-9(6-4-5-7-18)14(24)20-11-13(23)12(22)10(8-21)27-15(11)25/h9-13,15,21-23,25H,4-8,18H2,1-3H3,(H,19,26)(H,20,24). The van der Waals surface area contributed by atoms with Gasteiger partial charge in [-0.15, -0.1) is 0 Å². The molecule has 1 aliphatic heterocycles. The van der Waals surface area contributed by atoms with Gasteiger partial charge in [-0.1, -0.05) is 0 Å². The van der Waals surface area contributed by atoms with Gasteiger partial charge in [0.25, 0.3) is 0 Å². The van der Waals surface area contributed by atoms with E-state index >= 15 is 0 Å². The van der Waals surface area contributed by atoms with Gasteiger partial charge in [0.05, 0.1) is 6.61 Å². The first-order chi connectivity index (χ1) is 13.0. The number of amides is 2. The number of nitrogens with two attached hydrogens (primary N) is 1. The number of rotatable bonds is 8. The van der Waals surface area contributed by atoms with Crippen molar-refractivity contribution in [3.05, 3.63) is 0 Å². The molecule has 28 heavy (non-hydrogen) atoms. The Morgan fingerprint density at radius 2 is 1.82 bits per heavy atom. The largest absolute Gasteiger partial charge is 0.444 e. The molecule has 0 spiro atoms. The molecule has 1 saturated heterocycles. The third kappa shape index (κ3) is 7.49. The van der Waals surface area contributed by atoms with Crippen molar-refractivity contribution in [3.8, 4) is 0 Å². The smallest absolute Gasteiger partial charge is 0.408 e. The average Bonchev–Trinajstić information content (AvgIpc) is 2.59. The van der Waals surface area contributed by atoms with Crippen molar-refractivity contribution in [1.82, 2.24) is 10.6 Å². The van der Waals surface area contributed by atoms with Crippen molar-refractivity contribution < 1.29 is 39.5 Å². The summed E-state index contributed by atoms with van der Waals surface area (Å²) in [6, 6.07) is -2.35. The van der Waals surface area contributed by atoms with Crippen LogP contribution in [-0.4, -0.2) is 87.9 Å². The summed E-state index contributed by atoms with van der Waals surface area (Å²) in [6.07, 6.45) is -5.26. The third-order valence-electron chi connectivity index (χ3n) is 4.16. The van der Waals surface area contributed by atoms with E-state index in [1.807, 2.05) is 0 Å². The number of carbonyl (C=O) groups excluding carboxylic acids is 2. The molecule has 0 radical (unpaired) electrons. The van der Waals surface area contributed by atoms with E-state index in [9.17, 15) is 24.9 Å². The highest BCUT2D eigenvalue weighted by molar-refractivity contribution is 5.86. The molecule has 2 amide bonds. The van der Waals surface area contributed by atoms with Crippen LogP contribution in [0.25, 0.3) is 0 Å². The van der Waals surface area contributed by atoms with Gasteiger partial charge in [0.1, 0.15) is 36.0 Å². The molecule has 0 bridgehead atoms. The Balaban J connectivity index is 2.80. The van der Waals surface area contributed by atoms with Gasteiger partial charge < -0.3 is 46.3 Å². The number of nitrogens with one attached hydrogen (secondary N) is 2. The van der Waals surface area contributed by atoms with Gasteiger partial charge >= 0.3 is 6.09 Å². The van der Waals surface area contributed by atoms with Crippen LogP contribution in [-0.2, 0) is 14.3 Å². The fourth-order valence-electron chi connectivity index (χ4n) is 2.73. The highest BCUT2D eigenvalue weighted by atomic mass is 16.6. The van der Waals surface area contributed by atoms with Crippen molar-refractivity contribution in [2.75, 3.05) is 13.2 Å². The molecule has 0 aliphatic carbocycles. The summed E-state index contributed by atoms with van der Waals surface area (Å²) in [7, 11) is 0. The molecule has 0 aromatic rings. The Kier molecular flexibility index (Phi) is 9.54. The second-order valence-corrected chi connectivity index (χ2v) is 7.75. The molecule has 6 atom stereocenters. The predicted molar refractivity (Wildman–Crippen MR) is 98.0 cm³/mol. The Labute approximate surface area is 164 Å². The summed E-state index contributed by atoms with van der Waals surface area (Å²) in [5.41, 5.74) is 4.70. The Hall–Kier alpha value is -1.50. The summed E-state index contributed by atoms with van der Waals surface area (Å²) in [5.74, 6) is -0.691. The third-order valence-corrected chi connectivity index (χ3v) is 4.16. The van der Waals surface area contributed by atoms with Crippen LogP contribution in [0, 0.1) is 0 Å². The maximum absolute atomic E-state index is 12.6. The van der Waals surface area contributed by atoms with Gasteiger partial charge in [0, 0.05) is 0 Å². The molecular formula is C17H33N3O8. The van der Waals surface area contributed by atoms with Crippen molar-refractivity contribution in [3.63, 3.8) is 0 Å². The molecule has 6 unspecified atom stereocenters. The van der Waals surface area contributed by atoms with Gasteiger partial charge in [-0.25, -0.2) is 4.79 Å². The summed E-state index contributed by atoms with van der Waals surface area (Å²) in [6.45, 7) is 4.85. The first-order valence-corrected chi connectivity index (χ1v) is 9.30. The van der Waals surface area contributed by atoms with E-state index in [4.69, 9.17) is 20.3 Å². The molecule has 0 saturated carbocycles. The van der Waals surface area contributed by atoms with Crippen molar-refractivity contribution >= 4 is 12.0 Å². The molecule has 0 aromatic carbocycles. The molecule has 1 aliphatic rings. The van der Waals surface area contributed by atoms with Gasteiger partial charge in [0.2, 0.25) is 5.91 Å². The summed E-state index contributed by atoms with van der Waals surface area (Å²) in [4.78, 5) is 24.7. The minimum atomic E-state index is -1.65. The number of unbranched alkanes of at least 4 members (excludes halogenated alkanes) is 1. The van der Waals surface area contributed by atoms with Crippen LogP contribution in [0.1, 0.15) is 40.0 Å². The lowest BCUT2D eigenvalue weighted by atomic mass is 9.96. The van der Waals surface area contributed by atoms with Crippen molar-refractivity contribution in [2.45, 2.75) is 82.3 Å². The van der Waals surface area contributed by atoms with E-state index in [-0.39, 0.29) is 6.42 Å². The lowest BCUT2D eigenvalue weighted by Gasteiger charge is -2.40. The fraction of sp³-hybridized carbons (Fsp3) is 0.882. The van der Waals surface area contributed by atoms with E-state index in [2.05, 4.69) is 10.6 Å². The number of aliphatic hydroxyl groups is 4. The molecule has 1 fully saturated rings. The number of aliphatic hydroxyl groups excluding tert-OH is 4. The molecule has 8 N–H and O–H groups in total. The van der Waals surface area contributed by atoms with E-state index in [1.54, 1.807) is 20.8 Å². The van der Waals surface area contributed by atoms with Crippen LogP contribution in [0.2, 0.25) is 0 Å². The quantitative estimate of drug-likeness (QED) is 0.222. The van der Waals surface area contributed by atoms with Gasteiger partial charge in [-0.3, -0.25) is 4.79 Å². The summed E-state index contributed by atoms with van der Waals surface area (Å²) in [5, 5.41) is 44.0. The molecule has 1 rings (SSSR count). The first-order valence-electron chi connectivity index (χ1n) is 9.30. The lowest BCUT2D eigenvalue weighted by Crippen LogP contribution is -2.65. The van der Waals surface area contributed by atoms with E-state index in [0.29, 0.717) is 19.4 Å². The molecular weight excluding hydrogens is 374 g/mol. The van der Waals surface area contributed by atoms with E-state index < -0.39 is 60.9 Å². The Morgan fingerprint density at radius 1 is 1.18 bits per heavy atom. The second-order valence-electron chi connectivity index (χ2n) is 7.75. The molecule has 11 nitrogen and oxygen atoms in total. The monoisotopic (exact) mass is 407 g/mol. The second kappa shape index (κ2) is 10.9. The normalized spacial score (nSPS) is 29.1. The molecule has 164 valence electrons. The van der Waals surface area contributed by atoms with Crippen LogP contribution in [0.5, 0.6) is 0 Å². The van der Waals surface area contributed by atoms with Crippen LogP contribution in [0.15, 0.2) is 0 Å². The number of ether oxygens (including phenoxy) is 2. The maximum atomic E-state index is 12.6. The zero-order valence-corrected chi connectivity index (χ0v) is 16.5. The fourth-order valence-corrected chi connectivity index (χ4v) is 2.73. The number of alkyl carbamates (subject to hydrolysis) is 1. The van der Waals surface area contributed by atoms with Gasteiger partial charge in [0.15, 0.2) is 6.29 Å². The van der Waals surface area contributed by atoms with Crippen LogP contribution in [0.3, 0.4) is 0 Å².